The first-order chi connectivity index (χ1) is 10.1. The summed E-state index contributed by atoms with van der Waals surface area (Å²) in [6, 6.07) is 5.52. The molecular formula is C15H20N2O3S. The van der Waals surface area contributed by atoms with Crippen molar-refractivity contribution in [3.63, 3.8) is 0 Å². The normalized spacial score (nSPS) is 12.6. The van der Waals surface area contributed by atoms with Crippen molar-refractivity contribution in [2.24, 2.45) is 5.92 Å². The third kappa shape index (κ3) is 4.41. The fourth-order valence-corrected chi connectivity index (χ4v) is 2.71. The van der Waals surface area contributed by atoms with Gasteiger partial charge in [0.15, 0.2) is 5.76 Å². The van der Waals surface area contributed by atoms with Gasteiger partial charge in [-0.2, -0.15) is 0 Å². The summed E-state index contributed by atoms with van der Waals surface area (Å²) >= 11 is 1.60. The Labute approximate surface area is 128 Å². The Morgan fingerprint density at radius 3 is 2.95 bits per heavy atom. The highest BCUT2D eigenvalue weighted by Gasteiger charge is 2.20. The maximum atomic E-state index is 11.7. The zero-order valence-electron chi connectivity index (χ0n) is 12.5. The second-order valence-corrected chi connectivity index (χ2v) is 6.19. The number of nitrogens with zero attached hydrogens (tertiary/aromatic N) is 1. The average Bonchev–Trinajstić information content (AvgIpc) is 3.12. The molecule has 0 bridgehead atoms. The van der Waals surface area contributed by atoms with Crippen LogP contribution < -0.4 is 5.32 Å². The molecular weight excluding hydrogens is 288 g/mol. The van der Waals surface area contributed by atoms with Crippen LogP contribution in [0.25, 0.3) is 10.6 Å². The molecule has 1 unspecified atom stereocenters. The van der Waals surface area contributed by atoms with Crippen molar-refractivity contribution >= 4 is 17.3 Å². The van der Waals surface area contributed by atoms with Gasteiger partial charge >= 0.3 is 5.97 Å². The summed E-state index contributed by atoms with van der Waals surface area (Å²) in [5, 5.41) is 9.20. The number of esters is 1. The fraction of sp³-hybridized carbons (Fsp3) is 0.467. The minimum atomic E-state index is -0.322. The lowest BCUT2D eigenvalue weighted by Gasteiger charge is -2.17. The van der Waals surface area contributed by atoms with Gasteiger partial charge in [0.1, 0.15) is 6.04 Å². The van der Waals surface area contributed by atoms with Crippen LogP contribution in [-0.4, -0.2) is 24.3 Å². The number of thiophene rings is 1. The molecule has 5 nitrogen and oxygen atoms in total. The molecule has 6 heteroatoms. The Bertz CT molecular complexity index is 563. The smallest absolute Gasteiger partial charge is 0.322 e. The summed E-state index contributed by atoms with van der Waals surface area (Å²) < 4.78 is 10.1. The van der Waals surface area contributed by atoms with E-state index in [1.165, 1.54) is 7.11 Å². The summed E-state index contributed by atoms with van der Waals surface area (Å²) in [6.07, 6.45) is 0.725. The van der Waals surface area contributed by atoms with Crippen LogP contribution in [0, 0.1) is 5.92 Å². The van der Waals surface area contributed by atoms with Crippen molar-refractivity contribution < 1.29 is 14.1 Å². The van der Waals surface area contributed by atoms with Crippen molar-refractivity contribution in [3.8, 4) is 10.6 Å². The molecule has 0 aromatic carbocycles. The highest BCUT2D eigenvalue weighted by molar-refractivity contribution is 7.13. The van der Waals surface area contributed by atoms with Gasteiger partial charge < -0.3 is 9.26 Å². The van der Waals surface area contributed by atoms with Crippen molar-refractivity contribution in [1.82, 2.24) is 10.5 Å². The monoisotopic (exact) mass is 308 g/mol. The van der Waals surface area contributed by atoms with Gasteiger partial charge in [0.25, 0.3) is 0 Å². The number of ether oxygens (including phenoxy) is 1. The van der Waals surface area contributed by atoms with Crippen molar-refractivity contribution in [3.05, 3.63) is 29.3 Å². The lowest BCUT2D eigenvalue weighted by molar-refractivity contribution is -0.143. The molecule has 2 heterocycles. The Morgan fingerprint density at radius 2 is 2.33 bits per heavy atom. The number of hydrogen-bond donors (Lipinski definition) is 1. The minimum Gasteiger partial charge on any atom is -0.468 e. The van der Waals surface area contributed by atoms with Crippen LogP contribution >= 0.6 is 11.3 Å². The van der Waals surface area contributed by atoms with Gasteiger partial charge in [-0.3, -0.25) is 10.1 Å². The molecule has 0 saturated heterocycles. The first-order valence-corrected chi connectivity index (χ1v) is 7.78. The molecule has 2 rings (SSSR count). The Kier molecular flexibility index (Phi) is 5.52. The summed E-state index contributed by atoms with van der Waals surface area (Å²) in [5.74, 6) is 0.909. The minimum absolute atomic E-state index is 0.245. The number of methoxy groups -OCH3 is 1. The van der Waals surface area contributed by atoms with E-state index < -0.39 is 0 Å². The highest BCUT2D eigenvalue weighted by Crippen LogP contribution is 2.25. The number of hydrogen-bond acceptors (Lipinski definition) is 6. The lowest BCUT2D eigenvalue weighted by atomic mass is 10.0. The van der Waals surface area contributed by atoms with E-state index in [9.17, 15) is 4.79 Å². The van der Waals surface area contributed by atoms with E-state index in [0.717, 1.165) is 22.8 Å². The van der Waals surface area contributed by atoms with Crippen LogP contribution in [0.2, 0.25) is 0 Å². The third-order valence-corrected chi connectivity index (χ3v) is 3.93. The van der Waals surface area contributed by atoms with Crippen molar-refractivity contribution in [1.29, 1.82) is 0 Å². The van der Waals surface area contributed by atoms with Gasteiger partial charge in [0, 0.05) is 12.6 Å². The van der Waals surface area contributed by atoms with E-state index in [2.05, 4.69) is 24.3 Å². The molecule has 0 amide bonds. The molecule has 0 aliphatic carbocycles. The van der Waals surface area contributed by atoms with Gasteiger partial charge in [-0.15, -0.1) is 11.3 Å². The van der Waals surface area contributed by atoms with Crippen LogP contribution in [0.5, 0.6) is 0 Å². The van der Waals surface area contributed by atoms with Gasteiger partial charge in [-0.1, -0.05) is 25.1 Å². The van der Waals surface area contributed by atoms with Crippen LogP contribution in [-0.2, 0) is 16.1 Å². The van der Waals surface area contributed by atoms with Gasteiger partial charge in [0.2, 0.25) is 0 Å². The Morgan fingerprint density at radius 1 is 1.52 bits per heavy atom. The summed E-state index contributed by atoms with van der Waals surface area (Å²) in [7, 11) is 1.41. The average molecular weight is 308 g/mol. The summed E-state index contributed by atoms with van der Waals surface area (Å²) in [5.41, 5.74) is 0.774. The van der Waals surface area contributed by atoms with E-state index in [0.29, 0.717) is 12.5 Å². The number of nitrogens with one attached hydrogen (secondary N) is 1. The predicted molar refractivity (Wildman–Crippen MR) is 81.9 cm³/mol. The molecule has 0 radical (unpaired) electrons. The quantitative estimate of drug-likeness (QED) is 0.796. The van der Waals surface area contributed by atoms with Crippen LogP contribution in [0.1, 0.15) is 26.0 Å². The molecule has 114 valence electrons. The van der Waals surface area contributed by atoms with E-state index in [-0.39, 0.29) is 12.0 Å². The van der Waals surface area contributed by atoms with Gasteiger partial charge in [-0.05, 0) is 23.8 Å². The summed E-state index contributed by atoms with van der Waals surface area (Å²) in [4.78, 5) is 12.8. The summed E-state index contributed by atoms with van der Waals surface area (Å²) in [6.45, 7) is 4.62. The molecule has 2 aromatic heterocycles. The van der Waals surface area contributed by atoms with Crippen molar-refractivity contribution in [2.45, 2.75) is 32.9 Å². The van der Waals surface area contributed by atoms with Crippen LogP contribution in [0.4, 0.5) is 0 Å². The first-order valence-electron chi connectivity index (χ1n) is 6.90. The maximum Gasteiger partial charge on any atom is 0.322 e. The van der Waals surface area contributed by atoms with E-state index in [1.807, 2.05) is 23.6 Å². The standard InChI is InChI=1S/C15H20N2O3S/c1-10(2)7-12(15(18)19-3)16-9-11-8-13(20-17-11)14-5-4-6-21-14/h4-6,8,10,12,16H,7,9H2,1-3H3. The number of rotatable bonds is 7. The largest absolute Gasteiger partial charge is 0.468 e. The maximum absolute atomic E-state index is 11.7. The second-order valence-electron chi connectivity index (χ2n) is 5.25. The molecule has 0 aliphatic heterocycles. The van der Waals surface area contributed by atoms with Crippen LogP contribution in [0.15, 0.2) is 28.1 Å². The lowest BCUT2D eigenvalue weighted by Crippen LogP contribution is -2.38. The number of aromatic nitrogens is 1. The third-order valence-electron chi connectivity index (χ3n) is 3.05. The van der Waals surface area contributed by atoms with E-state index >= 15 is 0 Å². The molecule has 0 aliphatic rings. The van der Waals surface area contributed by atoms with Gasteiger partial charge in [0.05, 0.1) is 17.7 Å². The van der Waals surface area contributed by atoms with E-state index in [4.69, 9.17) is 9.26 Å². The van der Waals surface area contributed by atoms with Crippen LogP contribution in [0.3, 0.4) is 0 Å². The molecule has 0 spiro atoms. The Balaban J connectivity index is 1.96. The van der Waals surface area contributed by atoms with E-state index in [1.54, 1.807) is 11.3 Å². The molecule has 21 heavy (non-hydrogen) atoms. The van der Waals surface area contributed by atoms with Crippen molar-refractivity contribution in [2.75, 3.05) is 7.11 Å². The SMILES string of the molecule is COC(=O)C(CC(C)C)NCc1cc(-c2cccs2)on1. The molecule has 1 N–H and O–H groups in total. The fourth-order valence-electron chi connectivity index (χ4n) is 2.03. The molecule has 1 atom stereocenters. The number of carbonyl (C=O) groups excluding carboxylic acids is 1. The molecule has 0 saturated carbocycles. The molecule has 0 fully saturated rings. The Hall–Kier alpha value is -1.66. The first kappa shape index (κ1) is 15.7. The second kappa shape index (κ2) is 7.38. The topological polar surface area (TPSA) is 64.4 Å². The predicted octanol–water partition coefficient (Wildman–Crippen LogP) is 3.08. The zero-order valence-corrected chi connectivity index (χ0v) is 13.3. The van der Waals surface area contributed by atoms with Gasteiger partial charge in [-0.25, -0.2) is 0 Å². The highest BCUT2D eigenvalue weighted by atomic mass is 32.1. The zero-order chi connectivity index (χ0) is 15.2. The number of carbonyl (C=O) groups is 1. The molecule has 2 aromatic rings.